The van der Waals surface area contributed by atoms with E-state index in [1.165, 1.54) is 0 Å². The lowest BCUT2D eigenvalue weighted by Crippen LogP contribution is -2.38. The highest BCUT2D eigenvalue weighted by atomic mass is 35.5. The first-order valence-corrected chi connectivity index (χ1v) is 7.75. The second kappa shape index (κ2) is 7.96. The molecular formula is C16H21ClN4O. The fraction of sp³-hybridized carbons (Fsp3) is 0.375. The van der Waals surface area contributed by atoms with Gasteiger partial charge in [-0.15, -0.1) is 0 Å². The van der Waals surface area contributed by atoms with Crippen molar-refractivity contribution in [2.45, 2.75) is 26.4 Å². The minimum atomic E-state index is -0.116. The number of halogens is 1. The molecule has 0 radical (unpaired) electrons. The lowest BCUT2D eigenvalue weighted by molar-refractivity contribution is 0.0950. The summed E-state index contributed by atoms with van der Waals surface area (Å²) in [6, 6.07) is 7.85. The summed E-state index contributed by atoms with van der Waals surface area (Å²) in [4.78, 5) is 12.1. The number of amides is 1. The molecule has 2 N–H and O–H groups in total. The van der Waals surface area contributed by atoms with Gasteiger partial charge < -0.3 is 10.6 Å². The van der Waals surface area contributed by atoms with Crippen molar-refractivity contribution in [2.75, 3.05) is 13.1 Å². The molecule has 0 aliphatic rings. The Hall–Kier alpha value is -1.85. The Morgan fingerprint density at radius 3 is 2.91 bits per heavy atom. The molecule has 118 valence electrons. The number of likely N-dealkylation sites (N-methyl/N-ethyl adjacent to an activating group) is 1. The summed E-state index contributed by atoms with van der Waals surface area (Å²) in [7, 11) is 0. The van der Waals surface area contributed by atoms with E-state index in [1.54, 1.807) is 17.1 Å². The molecule has 0 spiro atoms. The number of nitrogens with zero attached hydrogens (tertiary/aromatic N) is 2. The summed E-state index contributed by atoms with van der Waals surface area (Å²) in [5.74, 6) is -0.116. The molecule has 22 heavy (non-hydrogen) atoms. The zero-order valence-corrected chi connectivity index (χ0v) is 13.6. The second-order valence-electron chi connectivity index (χ2n) is 5.19. The third-order valence-corrected chi connectivity index (χ3v) is 3.68. The highest BCUT2D eigenvalue weighted by Gasteiger charge is 2.10. The van der Waals surface area contributed by atoms with E-state index < -0.39 is 0 Å². The van der Waals surface area contributed by atoms with Crippen molar-refractivity contribution in [3.63, 3.8) is 0 Å². The highest BCUT2D eigenvalue weighted by Crippen LogP contribution is 2.16. The molecule has 0 bridgehead atoms. The van der Waals surface area contributed by atoms with Crippen LogP contribution >= 0.6 is 11.6 Å². The maximum absolute atomic E-state index is 12.1. The number of hydrogen-bond acceptors (Lipinski definition) is 3. The van der Waals surface area contributed by atoms with Crippen molar-refractivity contribution in [3.8, 4) is 0 Å². The Kier molecular flexibility index (Phi) is 5.98. The molecule has 1 aromatic carbocycles. The van der Waals surface area contributed by atoms with Crippen molar-refractivity contribution in [1.29, 1.82) is 0 Å². The molecule has 2 rings (SSSR count). The van der Waals surface area contributed by atoms with Gasteiger partial charge in [0.25, 0.3) is 5.91 Å². The van der Waals surface area contributed by atoms with E-state index in [2.05, 4.69) is 15.7 Å². The van der Waals surface area contributed by atoms with Crippen molar-refractivity contribution in [1.82, 2.24) is 20.4 Å². The average Bonchev–Trinajstić information content (AvgIpc) is 2.96. The van der Waals surface area contributed by atoms with Gasteiger partial charge in [-0.1, -0.05) is 36.7 Å². The first-order chi connectivity index (χ1) is 10.6. The Bertz CT molecular complexity index is 626. The van der Waals surface area contributed by atoms with Gasteiger partial charge in [-0.2, -0.15) is 5.10 Å². The third kappa shape index (κ3) is 4.58. The zero-order chi connectivity index (χ0) is 15.9. The topological polar surface area (TPSA) is 58.9 Å². The summed E-state index contributed by atoms with van der Waals surface area (Å²) < 4.78 is 1.71. The van der Waals surface area contributed by atoms with Crippen LogP contribution in [0.25, 0.3) is 0 Å². The quantitative estimate of drug-likeness (QED) is 0.823. The molecule has 6 heteroatoms. The van der Waals surface area contributed by atoms with Gasteiger partial charge in [0.1, 0.15) is 0 Å². The first-order valence-electron chi connectivity index (χ1n) is 7.37. The van der Waals surface area contributed by atoms with Crippen LogP contribution in [0.2, 0.25) is 5.02 Å². The molecule has 1 aromatic heterocycles. The minimum Gasteiger partial charge on any atom is -0.350 e. The van der Waals surface area contributed by atoms with Crippen molar-refractivity contribution in [2.24, 2.45) is 0 Å². The lowest BCUT2D eigenvalue weighted by atomic mass is 10.2. The van der Waals surface area contributed by atoms with Crippen molar-refractivity contribution < 1.29 is 4.79 Å². The van der Waals surface area contributed by atoms with E-state index in [0.717, 1.165) is 12.1 Å². The van der Waals surface area contributed by atoms with Crippen LogP contribution < -0.4 is 10.6 Å². The van der Waals surface area contributed by atoms with Crippen LogP contribution in [0.1, 0.15) is 29.8 Å². The van der Waals surface area contributed by atoms with Gasteiger partial charge in [0, 0.05) is 23.8 Å². The van der Waals surface area contributed by atoms with Gasteiger partial charge in [-0.05, 0) is 25.1 Å². The standard InChI is InChI=1S/C16H21ClN4O/c1-3-18-12(2)8-19-16(22)14-9-20-21(11-14)10-13-6-4-5-7-15(13)17/h4-7,9,11-12,18H,3,8,10H2,1-2H3,(H,19,22)/t12-/m1/s1. The Labute approximate surface area is 135 Å². The summed E-state index contributed by atoms with van der Waals surface area (Å²) in [5, 5.41) is 11.1. The average molecular weight is 321 g/mol. The van der Waals surface area contributed by atoms with Crippen LogP contribution in [-0.4, -0.2) is 34.8 Å². The number of benzene rings is 1. The number of nitrogens with one attached hydrogen (secondary N) is 2. The lowest BCUT2D eigenvalue weighted by Gasteiger charge is -2.12. The number of carbonyl (C=O) groups excluding carboxylic acids is 1. The Morgan fingerprint density at radius 1 is 1.41 bits per heavy atom. The van der Waals surface area contributed by atoms with Crippen LogP contribution in [0.5, 0.6) is 0 Å². The molecule has 0 aliphatic carbocycles. The fourth-order valence-electron chi connectivity index (χ4n) is 2.14. The molecule has 2 aromatic rings. The number of aromatic nitrogens is 2. The molecule has 0 fully saturated rings. The largest absolute Gasteiger partial charge is 0.350 e. The summed E-state index contributed by atoms with van der Waals surface area (Å²) >= 11 is 6.13. The minimum absolute atomic E-state index is 0.116. The number of carbonyl (C=O) groups is 1. The molecule has 1 atom stereocenters. The smallest absolute Gasteiger partial charge is 0.254 e. The summed E-state index contributed by atoms with van der Waals surface area (Å²) in [6.45, 7) is 6.08. The monoisotopic (exact) mass is 320 g/mol. The van der Waals surface area contributed by atoms with E-state index in [0.29, 0.717) is 23.7 Å². The van der Waals surface area contributed by atoms with Gasteiger partial charge in [-0.3, -0.25) is 9.48 Å². The van der Waals surface area contributed by atoms with E-state index in [1.807, 2.05) is 38.1 Å². The van der Waals surface area contributed by atoms with Gasteiger partial charge >= 0.3 is 0 Å². The molecule has 1 amide bonds. The molecule has 0 saturated heterocycles. The molecule has 0 aliphatic heterocycles. The summed E-state index contributed by atoms with van der Waals surface area (Å²) in [6.07, 6.45) is 3.31. The van der Waals surface area contributed by atoms with E-state index >= 15 is 0 Å². The fourth-order valence-corrected chi connectivity index (χ4v) is 2.33. The number of hydrogen-bond donors (Lipinski definition) is 2. The maximum atomic E-state index is 12.1. The predicted molar refractivity (Wildman–Crippen MR) is 88.3 cm³/mol. The molecule has 0 saturated carbocycles. The van der Waals surface area contributed by atoms with Crippen LogP contribution in [0.4, 0.5) is 0 Å². The van der Waals surface area contributed by atoms with Gasteiger partial charge in [-0.25, -0.2) is 0 Å². The van der Waals surface area contributed by atoms with Crippen LogP contribution in [0, 0.1) is 0 Å². The second-order valence-corrected chi connectivity index (χ2v) is 5.59. The molecule has 1 heterocycles. The normalized spacial score (nSPS) is 12.1. The van der Waals surface area contributed by atoms with Crippen molar-refractivity contribution >= 4 is 17.5 Å². The van der Waals surface area contributed by atoms with Crippen LogP contribution in [0.3, 0.4) is 0 Å². The van der Waals surface area contributed by atoms with Crippen LogP contribution in [-0.2, 0) is 6.54 Å². The predicted octanol–water partition coefficient (Wildman–Crippen LogP) is 2.31. The van der Waals surface area contributed by atoms with Crippen LogP contribution in [0.15, 0.2) is 36.7 Å². The van der Waals surface area contributed by atoms with Crippen molar-refractivity contribution in [3.05, 3.63) is 52.8 Å². The third-order valence-electron chi connectivity index (χ3n) is 3.31. The first kappa shape index (κ1) is 16.5. The SMILES string of the molecule is CCN[C@H](C)CNC(=O)c1cnn(Cc2ccccc2Cl)c1. The zero-order valence-electron chi connectivity index (χ0n) is 12.8. The van der Waals surface area contributed by atoms with Gasteiger partial charge in [0.05, 0.1) is 18.3 Å². The highest BCUT2D eigenvalue weighted by molar-refractivity contribution is 6.31. The Morgan fingerprint density at radius 2 is 2.18 bits per heavy atom. The summed E-state index contributed by atoms with van der Waals surface area (Å²) in [5.41, 5.74) is 1.52. The Balaban J connectivity index is 1.93. The van der Waals surface area contributed by atoms with Gasteiger partial charge in [0.2, 0.25) is 0 Å². The van der Waals surface area contributed by atoms with Gasteiger partial charge in [0.15, 0.2) is 0 Å². The molecule has 0 unspecified atom stereocenters. The molecule has 5 nitrogen and oxygen atoms in total. The maximum Gasteiger partial charge on any atom is 0.254 e. The number of rotatable bonds is 7. The van der Waals surface area contributed by atoms with E-state index in [-0.39, 0.29) is 11.9 Å². The van der Waals surface area contributed by atoms with E-state index in [4.69, 9.17) is 11.6 Å². The molecular weight excluding hydrogens is 300 g/mol. The van der Waals surface area contributed by atoms with E-state index in [9.17, 15) is 4.79 Å².